The number of halogens is 1. The van der Waals surface area contributed by atoms with Gasteiger partial charge in [-0.15, -0.1) is 0 Å². The number of aryl methyl sites for hydroxylation is 1. The van der Waals surface area contributed by atoms with E-state index in [1.54, 1.807) is 0 Å². The molecule has 1 aromatic heterocycles. The van der Waals surface area contributed by atoms with Gasteiger partial charge in [0.25, 0.3) is 10.0 Å². The zero-order valence-corrected chi connectivity index (χ0v) is 12.2. The lowest BCUT2D eigenvalue weighted by molar-refractivity contribution is 0.403. The van der Waals surface area contributed by atoms with E-state index in [0.717, 1.165) is 23.6 Å². The van der Waals surface area contributed by atoms with Crippen molar-refractivity contribution in [2.24, 2.45) is 0 Å². The van der Waals surface area contributed by atoms with E-state index in [9.17, 15) is 12.8 Å². The molecule has 2 heterocycles. The Morgan fingerprint density at radius 3 is 2.62 bits per heavy atom. The lowest BCUT2D eigenvalue weighted by Gasteiger charge is -2.20. The molecule has 4 nitrogen and oxygen atoms in total. The number of aromatic nitrogens is 1. The van der Waals surface area contributed by atoms with E-state index in [1.807, 2.05) is 24.3 Å². The number of nitrogens with zero attached hydrogens (tertiary/aromatic N) is 2. The van der Waals surface area contributed by atoms with Gasteiger partial charge in [0.1, 0.15) is 0 Å². The van der Waals surface area contributed by atoms with Crippen molar-refractivity contribution in [1.82, 2.24) is 9.29 Å². The maximum Gasteiger partial charge on any atom is 0.263 e. The third kappa shape index (κ3) is 2.69. The predicted molar refractivity (Wildman–Crippen MR) is 76.6 cm³/mol. The lowest BCUT2D eigenvalue weighted by Crippen LogP contribution is -2.32. The zero-order chi connectivity index (χ0) is 14.9. The Balaban J connectivity index is 1.99. The first-order valence-corrected chi connectivity index (χ1v) is 8.20. The molecule has 3 rings (SSSR count). The fraction of sp³-hybridized carbons (Fsp3) is 0.267. The molecule has 0 saturated heterocycles. The smallest absolute Gasteiger partial charge is 0.241 e. The van der Waals surface area contributed by atoms with Crippen molar-refractivity contribution in [3.8, 4) is 0 Å². The highest BCUT2D eigenvalue weighted by molar-refractivity contribution is 7.89. The highest BCUT2D eigenvalue weighted by Gasteiger charge is 2.30. The first-order chi connectivity index (χ1) is 10.1. The van der Waals surface area contributed by atoms with Crippen molar-refractivity contribution in [1.29, 1.82) is 0 Å². The number of rotatable bonds is 2. The molecule has 1 aliphatic heterocycles. The summed E-state index contributed by atoms with van der Waals surface area (Å²) in [6.45, 7) is 0.627. The van der Waals surface area contributed by atoms with Gasteiger partial charge in [0.05, 0.1) is 0 Å². The summed E-state index contributed by atoms with van der Waals surface area (Å²) >= 11 is 0. The first kappa shape index (κ1) is 14.2. The zero-order valence-electron chi connectivity index (χ0n) is 11.4. The molecule has 21 heavy (non-hydrogen) atoms. The second-order valence-electron chi connectivity index (χ2n) is 5.00. The van der Waals surface area contributed by atoms with Crippen LogP contribution in [0.15, 0.2) is 47.6 Å². The molecule has 1 aromatic carbocycles. The number of fused-ring (bicyclic) bond motifs is 1. The highest BCUT2D eigenvalue weighted by Crippen LogP contribution is 2.24. The van der Waals surface area contributed by atoms with Crippen molar-refractivity contribution in [3.05, 3.63) is 59.5 Å². The number of benzene rings is 1. The number of pyridine rings is 1. The maximum atomic E-state index is 13.8. The molecule has 0 saturated carbocycles. The molecule has 0 radical (unpaired) electrons. The summed E-state index contributed by atoms with van der Waals surface area (Å²) in [7, 11) is -3.91. The van der Waals surface area contributed by atoms with E-state index in [0.29, 0.717) is 13.0 Å². The summed E-state index contributed by atoms with van der Waals surface area (Å²) < 4.78 is 40.3. The van der Waals surface area contributed by atoms with Gasteiger partial charge in [0.2, 0.25) is 5.03 Å². The maximum absolute atomic E-state index is 13.8. The van der Waals surface area contributed by atoms with Crippen molar-refractivity contribution in [2.75, 3.05) is 6.54 Å². The summed E-state index contributed by atoms with van der Waals surface area (Å²) in [5.74, 6) is -0.810. The Morgan fingerprint density at radius 2 is 1.86 bits per heavy atom. The third-order valence-electron chi connectivity index (χ3n) is 3.63. The Hall–Kier alpha value is -1.79. The van der Waals surface area contributed by atoms with Gasteiger partial charge in [-0.1, -0.05) is 24.3 Å². The van der Waals surface area contributed by atoms with Crippen LogP contribution in [-0.2, 0) is 23.0 Å². The molecule has 0 atom stereocenters. The summed E-state index contributed by atoms with van der Waals surface area (Å²) in [4.78, 5) is 3.71. The molecule has 0 amide bonds. The Kier molecular flexibility index (Phi) is 3.73. The van der Waals surface area contributed by atoms with Gasteiger partial charge in [0, 0.05) is 19.3 Å². The van der Waals surface area contributed by atoms with E-state index in [2.05, 4.69) is 4.98 Å². The third-order valence-corrected chi connectivity index (χ3v) is 5.41. The van der Waals surface area contributed by atoms with Crippen LogP contribution in [0.1, 0.15) is 17.5 Å². The van der Waals surface area contributed by atoms with Gasteiger partial charge in [-0.2, -0.15) is 4.31 Å². The molecule has 0 aliphatic carbocycles. The topological polar surface area (TPSA) is 50.3 Å². The molecule has 110 valence electrons. The van der Waals surface area contributed by atoms with Crippen LogP contribution < -0.4 is 0 Å². The fourth-order valence-corrected chi connectivity index (χ4v) is 3.99. The molecule has 0 spiro atoms. The van der Waals surface area contributed by atoms with E-state index >= 15 is 0 Å². The SMILES string of the molecule is O=S(=O)(c1ncccc1F)N1CCCc2ccccc2C1. The van der Waals surface area contributed by atoms with Crippen LogP contribution in [0.3, 0.4) is 0 Å². The second-order valence-corrected chi connectivity index (χ2v) is 6.85. The fourth-order valence-electron chi connectivity index (χ4n) is 2.56. The van der Waals surface area contributed by atoms with Crippen LogP contribution >= 0.6 is 0 Å². The first-order valence-electron chi connectivity index (χ1n) is 6.76. The van der Waals surface area contributed by atoms with Crippen molar-refractivity contribution in [2.45, 2.75) is 24.4 Å². The van der Waals surface area contributed by atoms with Crippen LogP contribution in [0.25, 0.3) is 0 Å². The lowest BCUT2D eigenvalue weighted by atomic mass is 10.0. The van der Waals surface area contributed by atoms with Crippen LogP contribution in [0, 0.1) is 5.82 Å². The van der Waals surface area contributed by atoms with Gasteiger partial charge < -0.3 is 0 Å². The molecule has 2 aromatic rings. The van der Waals surface area contributed by atoms with Crippen LogP contribution in [-0.4, -0.2) is 24.3 Å². The van der Waals surface area contributed by atoms with Gasteiger partial charge in [-0.3, -0.25) is 0 Å². The van der Waals surface area contributed by atoms with Crippen molar-refractivity contribution in [3.63, 3.8) is 0 Å². The van der Waals surface area contributed by atoms with E-state index in [-0.39, 0.29) is 6.54 Å². The van der Waals surface area contributed by atoms with E-state index in [4.69, 9.17) is 0 Å². The molecule has 0 fully saturated rings. The molecule has 1 aliphatic rings. The van der Waals surface area contributed by atoms with Crippen LogP contribution in [0.2, 0.25) is 0 Å². The average molecular weight is 306 g/mol. The standard InChI is InChI=1S/C15H15FN2O2S/c16-14-8-3-9-17-15(14)21(19,20)18-10-4-7-12-5-1-2-6-13(12)11-18/h1-3,5-6,8-9H,4,7,10-11H2. The van der Waals surface area contributed by atoms with Crippen molar-refractivity contribution >= 4 is 10.0 Å². The minimum atomic E-state index is -3.91. The quantitative estimate of drug-likeness (QED) is 0.856. The number of hydrogen-bond acceptors (Lipinski definition) is 3. The van der Waals surface area contributed by atoms with Crippen LogP contribution in [0.4, 0.5) is 4.39 Å². The molecular formula is C15H15FN2O2S. The van der Waals surface area contributed by atoms with Gasteiger partial charge in [-0.25, -0.2) is 17.8 Å². The van der Waals surface area contributed by atoms with Crippen LogP contribution in [0.5, 0.6) is 0 Å². The number of hydrogen-bond donors (Lipinski definition) is 0. The minimum Gasteiger partial charge on any atom is -0.241 e. The van der Waals surface area contributed by atoms with Gasteiger partial charge >= 0.3 is 0 Å². The molecular weight excluding hydrogens is 291 g/mol. The second kappa shape index (κ2) is 5.54. The minimum absolute atomic E-state index is 0.258. The summed E-state index contributed by atoms with van der Waals surface area (Å²) in [5, 5.41) is -0.496. The number of sulfonamides is 1. The summed E-state index contributed by atoms with van der Waals surface area (Å²) in [6.07, 6.45) is 2.83. The summed E-state index contributed by atoms with van der Waals surface area (Å²) in [6, 6.07) is 10.3. The van der Waals surface area contributed by atoms with Crippen molar-refractivity contribution < 1.29 is 12.8 Å². The molecule has 6 heteroatoms. The molecule has 0 N–H and O–H groups in total. The predicted octanol–water partition coefficient (Wildman–Crippen LogP) is 2.36. The van der Waals surface area contributed by atoms with E-state index < -0.39 is 20.9 Å². The summed E-state index contributed by atoms with van der Waals surface area (Å²) in [5.41, 5.74) is 2.12. The normalized spacial score (nSPS) is 16.2. The van der Waals surface area contributed by atoms with Gasteiger partial charge in [0.15, 0.2) is 5.82 Å². The highest BCUT2D eigenvalue weighted by atomic mass is 32.2. The van der Waals surface area contributed by atoms with E-state index in [1.165, 1.54) is 16.6 Å². The average Bonchev–Trinajstić information content (AvgIpc) is 2.70. The largest absolute Gasteiger partial charge is 0.263 e. The Morgan fingerprint density at radius 1 is 1.10 bits per heavy atom. The Bertz CT molecular complexity index is 762. The molecule has 0 bridgehead atoms. The monoisotopic (exact) mass is 306 g/mol. The Labute approximate surface area is 123 Å². The van der Waals surface area contributed by atoms with Gasteiger partial charge in [-0.05, 0) is 36.1 Å². The molecule has 0 unspecified atom stereocenters.